The minimum absolute atomic E-state index is 0.412. The summed E-state index contributed by atoms with van der Waals surface area (Å²) in [5, 5.41) is 0. The van der Waals surface area contributed by atoms with Crippen molar-refractivity contribution < 1.29 is 0 Å². The molecule has 1 fully saturated rings. The SMILES string of the molecule is Cc1sc(CN)cc1CN(C)CC1(N(C)C)CCC1. The Labute approximate surface area is 121 Å². The van der Waals surface area contributed by atoms with Crippen LogP contribution in [0.2, 0.25) is 0 Å². The molecule has 2 rings (SSSR count). The second kappa shape index (κ2) is 5.92. The van der Waals surface area contributed by atoms with Gasteiger partial charge in [-0.15, -0.1) is 11.3 Å². The number of nitrogens with zero attached hydrogens (tertiary/aromatic N) is 2. The van der Waals surface area contributed by atoms with Gasteiger partial charge in [-0.1, -0.05) is 0 Å². The monoisotopic (exact) mass is 281 g/mol. The maximum absolute atomic E-state index is 5.73. The van der Waals surface area contributed by atoms with Gasteiger partial charge in [-0.05, 0) is 59.0 Å². The fourth-order valence-electron chi connectivity index (χ4n) is 3.03. The summed E-state index contributed by atoms with van der Waals surface area (Å²) in [4.78, 5) is 7.60. The molecule has 0 amide bonds. The summed E-state index contributed by atoms with van der Waals surface area (Å²) in [5.74, 6) is 0. The lowest BCUT2D eigenvalue weighted by molar-refractivity contribution is 0.0259. The van der Waals surface area contributed by atoms with Crippen molar-refractivity contribution in [3.8, 4) is 0 Å². The number of likely N-dealkylation sites (N-methyl/N-ethyl adjacent to an activating group) is 2. The highest BCUT2D eigenvalue weighted by molar-refractivity contribution is 7.12. The van der Waals surface area contributed by atoms with Crippen LogP contribution in [-0.2, 0) is 13.1 Å². The molecule has 4 heteroatoms. The molecule has 0 atom stereocenters. The first kappa shape index (κ1) is 15.0. The van der Waals surface area contributed by atoms with E-state index in [-0.39, 0.29) is 0 Å². The standard InChI is InChI=1S/C15H27N3S/c1-12-13(8-14(9-16)19-12)10-18(4)11-15(17(2)3)6-5-7-15/h8H,5-7,9-11,16H2,1-4H3. The van der Waals surface area contributed by atoms with Crippen LogP contribution in [0.5, 0.6) is 0 Å². The van der Waals surface area contributed by atoms with Gasteiger partial charge in [0, 0.05) is 34.9 Å². The first-order chi connectivity index (χ1) is 8.97. The van der Waals surface area contributed by atoms with Crippen molar-refractivity contribution in [2.75, 3.05) is 27.7 Å². The molecule has 1 saturated carbocycles. The van der Waals surface area contributed by atoms with E-state index in [1.54, 1.807) is 0 Å². The Hall–Kier alpha value is -0.420. The zero-order valence-electron chi connectivity index (χ0n) is 12.7. The number of nitrogens with two attached hydrogens (primary N) is 1. The van der Waals surface area contributed by atoms with Crippen LogP contribution in [0.3, 0.4) is 0 Å². The van der Waals surface area contributed by atoms with E-state index >= 15 is 0 Å². The zero-order valence-corrected chi connectivity index (χ0v) is 13.5. The van der Waals surface area contributed by atoms with Crippen LogP contribution in [0.1, 0.15) is 34.6 Å². The first-order valence-corrected chi connectivity index (χ1v) is 7.93. The Morgan fingerprint density at radius 1 is 1.32 bits per heavy atom. The normalized spacial score (nSPS) is 18.1. The van der Waals surface area contributed by atoms with E-state index in [9.17, 15) is 0 Å². The number of aryl methyl sites for hydroxylation is 1. The summed E-state index contributed by atoms with van der Waals surface area (Å²) in [5.41, 5.74) is 7.58. The molecule has 0 saturated heterocycles. The van der Waals surface area contributed by atoms with E-state index in [4.69, 9.17) is 5.73 Å². The summed E-state index contributed by atoms with van der Waals surface area (Å²) >= 11 is 1.84. The predicted molar refractivity (Wildman–Crippen MR) is 83.6 cm³/mol. The van der Waals surface area contributed by atoms with Crippen LogP contribution in [0.25, 0.3) is 0 Å². The van der Waals surface area contributed by atoms with Gasteiger partial charge in [-0.3, -0.25) is 0 Å². The third kappa shape index (κ3) is 3.19. The minimum atomic E-state index is 0.412. The van der Waals surface area contributed by atoms with Crippen molar-refractivity contribution in [3.63, 3.8) is 0 Å². The van der Waals surface area contributed by atoms with Gasteiger partial charge in [-0.25, -0.2) is 0 Å². The van der Waals surface area contributed by atoms with Gasteiger partial charge in [0.15, 0.2) is 0 Å². The predicted octanol–water partition coefficient (Wildman–Crippen LogP) is 2.43. The molecule has 1 heterocycles. The van der Waals surface area contributed by atoms with Crippen molar-refractivity contribution in [2.45, 2.75) is 44.8 Å². The average molecular weight is 281 g/mol. The van der Waals surface area contributed by atoms with E-state index in [0.717, 1.165) is 13.1 Å². The number of hydrogen-bond donors (Lipinski definition) is 1. The van der Waals surface area contributed by atoms with Gasteiger partial charge in [0.25, 0.3) is 0 Å². The van der Waals surface area contributed by atoms with Crippen molar-refractivity contribution in [1.82, 2.24) is 9.80 Å². The van der Waals surface area contributed by atoms with Crippen molar-refractivity contribution in [2.24, 2.45) is 5.73 Å². The molecule has 1 aromatic heterocycles. The lowest BCUT2D eigenvalue weighted by Gasteiger charge is -2.49. The molecule has 108 valence electrons. The molecule has 2 N–H and O–H groups in total. The van der Waals surface area contributed by atoms with Gasteiger partial charge in [-0.2, -0.15) is 0 Å². The van der Waals surface area contributed by atoms with Crippen LogP contribution in [-0.4, -0.2) is 43.0 Å². The van der Waals surface area contributed by atoms with Gasteiger partial charge < -0.3 is 15.5 Å². The molecule has 0 radical (unpaired) electrons. The summed E-state index contributed by atoms with van der Waals surface area (Å²) in [6.45, 7) is 5.07. The lowest BCUT2D eigenvalue weighted by atomic mass is 9.75. The molecular weight excluding hydrogens is 254 g/mol. The Morgan fingerprint density at radius 2 is 2.00 bits per heavy atom. The second-order valence-electron chi connectivity index (χ2n) is 6.14. The number of rotatable bonds is 6. The van der Waals surface area contributed by atoms with Gasteiger partial charge in [0.1, 0.15) is 0 Å². The fourth-order valence-corrected chi connectivity index (χ4v) is 3.96. The van der Waals surface area contributed by atoms with Crippen molar-refractivity contribution in [3.05, 3.63) is 21.4 Å². The smallest absolute Gasteiger partial charge is 0.0330 e. The van der Waals surface area contributed by atoms with Crippen molar-refractivity contribution in [1.29, 1.82) is 0 Å². The maximum atomic E-state index is 5.73. The van der Waals surface area contributed by atoms with E-state index < -0.39 is 0 Å². The number of thiophene rings is 1. The molecule has 0 spiro atoms. The van der Waals surface area contributed by atoms with Crippen LogP contribution >= 0.6 is 11.3 Å². The third-order valence-corrected chi connectivity index (χ3v) is 5.63. The Bertz CT molecular complexity index is 421. The van der Waals surface area contributed by atoms with Crippen LogP contribution in [0, 0.1) is 6.92 Å². The van der Waals surface area contributed by atoms with Crippen LogP contribution < -0.4 is 5.73 Å². The third-order valence-electron chi connectivity index (χ3n) is 4.51. The number of hydrogen-bond acceptors (Lipinski definition) is 4. The molecule has 0 aromatic carbocycles. The van der Waals surface area contributed by atoms with E-state index in [1.165, 1.54) is 34.6 Å². The van der Waals surface area contributed by atoms with E-state index in [0.29, 0.717) is 12.1 Å². The second-order valence-corrected chi connectivity index (χ2v) is 7.48. The molecular formula is C15H27N3S. The fraction of sp³-hybridized carbons (Fsp3) is 0.733. The molecule has 1 aliphatic rings. The van der Waals surface area contributed by atoms with Gasteiger partial charge in [0.2, 0.25) is 0 Å². The molecule has 0 aliphatic heterocycles. The Balaban J connectivity index is 1.97. The maximum Gasteiger partial charge on any atom is 0.0330 e. The lowest BCUT2D eigenvalue weighted by Crippen LogP contribution is -2.56. The summed E-state index contributed by atoms with van der Waals surface area (Å²) in [7, 11) is 6.67. The zero-order chi connectivity index (χ0) is 14.0. The van der Waals surface area contributed by atoms with Gasteiger partial charge in [0.05, 0.1) is 0 Å². The highest BCUT2D eigenvalue weighted by Gasteiger charge is 2.39. The van der Waals surface area contributed by atoms with Crippen molar-refractivity contribution >= 4 is 11.3 Å². The molecule has 3 nitrogen and oxygen atoms in total. The van der Waals surface area contributed by atoms with E-state index in [2.05, 4.69) is 43.9 Å². The van der Waals surface area contributed by atoms with Crippen LogP contribution in [0.4, 0.5) is 0 Å². The molecule has 19 heavy (non-hydrogen) atoms. The Morgan fingerprint density at radius 3 is 2.42 bits per heavy atom. The first-order valence-electron chi connectivity index (χ1n) is 7.11. The topological polar surface area (TPSA) is 32.5 Å². The quantitative estimate of drug-likeness (QED) is 0.869. The molecule has 0 bridgehead atoms. The van der Waals surface area contributed by atoms with E-state index in [1.807, 2.05) is 11.3 Å². The summed E-state index contributed by atoms with van der Waals surface area (Å²) in [6.07, 6.45) is 4.04. The molecule has 0 unspecified atom stereocenters. The van der Waals surface area contributed by atoms with Crippen LogP contribution in [0.15, 0.2) is 6.07 Å². The highest BCUT2D eigenvalue weighted by atomic mass is 32.1. The minimum Gasteiger partial charge on any atom is -0.326 e. The molecule has 1 aromatic rings. The summed E-state index contributed by atoms with van der Waals surface area (Å²) < 4.78 is 0. The average Bonchev–Trinajstić information content (AvgIpc) is 2.64. The largest absolute Gasteiger partial charge is 0.326 e. The highest BCUT2D eigenvalue weighted by Crippen LogP contribution is 2.37. The van der Waals surface area contributed by atoms with Gasteiger partial charge >= 0.3 is 0 Å². The molecule has 1 aliphatic carbocycles. The summed E-state index contributed by atoms with van der Waals surface area (Å²) in [6, 6.07) is 2.28. The Kier molecular flexibility index (Phi) is 4.66.